The lowest BCUT2D eigenvalue weighted by Gasteiger charge is -1.95. The van der Waals surface area contributed by atoms with Gasteiger partial charge in [0.2, 0.25) is 0 Å². The van der Waals surface area contributed by atoms with E-state index in [1.54, 1.807) is 12.1 Å². The van der Waals surface area contributed by atoms with Gasteiger partial charge in [0.05, 0.1) is 4.47 Å². The Labute approximate surface area is 71.7 Å². The molecule has 3 heteroatoms. The van der Waals surface area contributed by atoms with E-state index in [0.717, 1.165) is 6.08 Å². The average Bonchev–Trinajstić information content (AvgIpc) is 1.99. The van der Waals surface area contributed by atoms with Crippen molar-refractivity contribution in [2.45, 2.75) is 0 Å². The van der Waals surface area contributed by atoms with Gasteiger partial charge in [-0.3, -0.25) is 0 Å². The second-order valence-electron chi connectivity index (χ2n) is 1.91. The molecule has 0 heterocycles. The summed E-state index contributed by atoms with van der Waals surface area (Å²) >= 11 is 2.99. The van der Waals surface area contributed by atoms with Crippen molar-refractivity contribution in [2.24, 2.45) is 0 Å². The molecule has 0 saturated carbocycles. The van der Waals surface area contributed by atoms with Crippen molar-refractivity contribution in [2.75, 3.05) is 0 Å². The molecule has 0 unspecified atom stereocenters. The quantitative estimate of drug-likeness (QED) is 0.657. The second kappa shape index (κ2) is 3.46. The maximum Gasteiger partial charge on any atom is 0.145 e. The largest absolute Gasteiger partial charge is 0.233 e. The molecule has 0 spiro atoms. The molecule has 0 aliphatic heterocycles. The van der Waals surface area contributed by atoms with Crippen molar-refractivity contribution in [3.05, 3.63) is 34.1 Å². The molecule has 1 nitrogen and oxygen atoms in total. The molecule has 0 aliphatic rings. The van der Waals surface area contributed by atoms with Gasteiger partial charge in [-0.2, -0.15) is 0 Å². The molecule has 56 valence electrons. The molecule has 0 aromatic heterocycles. The molecular weight excluding hydrogens is 211 g/mol. The Morgan fingerprint density at radius 1 is 1.55 bits per heavy atom. The Morgan fingerprint density at radius 2 is 2.27 bits per heavy atom. The van der Waals surface area contributed by atoms with Crippen molar-refractivity contribution >= 4 is 27.9 Å². The minimum Gasteiger partial charge on any atom is -0.233 e. The summed E-state index contributed by atoms with van der Waals surface area (Å²) in [6.45, 7) is 0. The van der Waals surface area contributed by atoms with Crippen LogP contribution in [0.3, 0.4) is 0 Å². The third-order valence-corrected chi connectivity index (χ3v) is 1.81. The molecule has 0 aliphatic carbocycles. The smallest absolute Gasteiger partial charge is 0.145 e. The summed E-state index contributed by atoms with van der Waals surface area (Å²) in [5, 5.41) is 0. The SMILES string of the molecule is O=C=Cc1cccc(Br)c1F. The van der Waals surface area contributed by atoms with Crippen LogP contribution in [-0.4, -0.2) is 5.94 Å². The Balaban J connectivity index is 3.26. The molecule has 1 aromatic rings. The van der Waals surface area contributed by atoms with Crippen molar-refractivity contribution in [1.29, 1.82) is 0 Å². The van der Waals surface area contributed by atoms with Crippen LogP contribution in [0.4, 0.5) is 4.39 Å². The molecule has 0 atom stereocenters. The van der Waals surface area contributed by atoms with Gasteiger partial charge >= 0.3 is 0 Å². The van der Waals surface area contributed by atoms with Crippen molar-refractivity contribution < 1.29 is 9.18 Å². The first kappa shape index (κ1) is 8.18. The summed E-state index contributed by atoms with van der Waals surface area (Å²) < 4.78 is 13.3. The van der Waals surface area contributed by atoms with Crippen molar-refractivity contribution in [3.8, 4) is 0 Å². The van der Waals surface area contributed by atoms with E-state index >= 15 is 0 Å². The van der Waals surface area contributed by atoms with E-state index in [1.165, 1.54) is 12.0 Å². The van der Waals surface area contributed by atoms with Gasteiger partial charge in [-0.1, -0.05) is 12.1 Å². The lowest BCUT2D eigenvalue weighted by molar-refractivity contribution is 0.569. The first-order valence-electron chi connectivity index (χ1n) is 2.90. The van der Waals surface area contributed by atoms with Crippen LogP contribution in [-0.2, 0) is 4.79 Å². The summed E-state index contributed by atoms with van der Waals surface area (Å²) in [5.74, 6) is 1.08. The fourth-order valence-electron chi connectivity index (χ4n) is 0.695. The highest BCUT2D eigenvalue weighted by atomic mass is 79.9. The van der Waals surface area contributed by atoms with Gasteiger partial charge in [0.1, 0.15) is 11.8 Å². The molecule has 0 fully saturated rings. The van der Waals surface area contributed by atoms with Crippen LogP contribution in [0.5, 0.6) is 0 Å². The fourth-order valence-corrected chi connectivity index (χ4v) is 1.08. The Kier molecular flexibility index (Phi) is 2.58. The molecule has 11 heavy (non-hydrogen) atoms. The predicted molar refractivity (Wildman–Crippen MR) is 44.3 cm³/mol. The van der Waals surface area contributed by atoms with Gasteiger partial charge in [0.15, 0.2) is 0 Å². The Hall–Kier alpha value is -0.920. The number of benzene rings is 1. The zero-order chi connectivity index (χ0) is 8.27. The first-order chi connectivity index (χ1) is 5.25. The molecular formula is C8H4BrFO. The molecule has 0 saturated heterocycles. The van der Waals surface area contributed by atoms with E-state index in [2.05, 4.69) is 15.9 Å². The van der Waals surface area contributed by atoms with E-state index in [4.69, 9.17) is 0 Å². The zero-order valence-electron chi connectivity index (χ0n) is 5.47. The molecule has 0 bridgehead atoms. The van der Waals surface area contributed by atoms with Crippen LogP contribution in [0.25, 0.3) is 6.08 Å². The zero-order valence-corrected chi connectivity index (χ0v) is 7.06. The van der Waals surface area contributed by atoms with E-state index in [1.807, 2.05) is 0 Å². The van der Waals surface area contributed by atoms with E-state index in [-0.39, 0.29) is 5.56 Å². The topological polar surface area (TPSA) is 17.1 Å². The van der Waals surface area contributed by atoms with Crippen LogP contribution in [0.2, 0.25) is 0 Å². The first-order valence-corrected chi connectivity index (χ1v) is 3.70. The molecule has 0 amide bonds. The van der Waals surface area contributed by atoms with Gasteiger partial charge in [-0.05, 0) is 22.0 Å². The second-order valence-corrected chi connectivity index (χ2v) is 2.76. The van der Waals surface area contributed by atoms with Gasteiger partial charge in [0.25, 0.3) is 0 Å². The predicted octanol–water partition coefficient (Wildman–Crippen LogP) is 2.43. The molecule has 0 radical (unpaired) electrons. The van der Waals surface area contributed by atoms with E-state index < -0.39 is 5.82 Å². The highest BCUT2D eigenvalue weighted by molar-refractivity contribution is 9.10. The molecule has 1 rings (SSSR count). The van der Waals surface area contributed by atoms with E-state index in [9.17, 15) is 9.18 Å². The normalized spacial score (nSPS) is 8.91. The van der Waals surface area contributed by atoms with Crippen LogP contribution >= 0.6 is 15.9 Å². The lowest BCUT2D eigenvalue weighted by atomic mass is 10.2. The van der Waals surface area contributed by atoms with Gasteiger partial charge < -0.3 is 0 Å². The third kappa shape index (κ3) is 1.76. The van der Waals surface area contributed by atoms with Crippen molar-refractivity contribution in [3.63, 3.8) is 0 Å². The highest BCUT2D eigenvalue weighted by Crippen LogP contribution is 2.18. The van der Waals surface area contributed by atoms with Crippen LogP contribution in [0, 0.1) is 5.82 Å². The van der Waals surface area contributed by atoms with Crippen LogP contribution in [0.15, 0.2) is 22.7 Å². The summed E-state index contributed by atoms with van der Waals surface area (Å²) in [7, 11) is 0. The Morgan fingerprint density at radius 3 is 2.91 bits per heavy atom. The number of hydrogen-bond acceptors (Lipinski definition) is 1. The van der Waals surface area contributed by atoms with Gasteiger partial charge in [-0.15, -0.1) is 0 Å². The molecule has 1 aromatic carbocycles. The Bertz CT molecular complexity index is 316. The fraction of sp³-hybridized carbons (Fsp3) is 0. The lowest BCUT2D eigenvalue weighted by Crippen LogP contribution is -1.82. The summed E-state index contributed by atoms with van der Waals surface area (Å²) in [6.07, 6.45) is 1.06. The number of carbonyl (C=O) groups excluding carboxylic acids is 1. The number of halogens is 2. The minimum absolute atomic E-state index is 0.245. The van der Waals surface area contributed by atoms with Crippen LogP contribution < -0.4 is 0 Å². The minimum atomic E-state index is -0.434. The summed E-state index contributed by atoms with van der Waals surface area (Å²) in [5.41, 5.74) is 0.245. The van der Waals surface area contributed by atoms with Crippen molar-refractivity contribution in [1.82, 2.24) is 0 Å². The summed E-state index contributed by atoms with van der Waals surface area (Å²) in [6, 6.07) is 4.72. The molecule has 0 N–H and O–H groups in total. The maximum absolute atomic E-state index is 12.9. The summed E-state index contributed by atoms with van der Waals surface area (Å²) in [4.78, 5) is 9.88. The van der Waals surface area contributed by atoms with Crippen LogP contribution in [0.1, 0.15) is 5.56 Å². The maximum atomic E-state index is 12.9. The number of hydrogen-bond donors (Lipinski definition) is 0. The monoisotopic (exact) mass is 214 g/mol. The highest BCUT2D eigenvalue weighted by Gasteiger charge is 2.01. The standard InChI is InChI=1S/C8H4BrFO/c9-7-3-1-2-6(4-5-11)8(7)10/h1-4H. The average molecular weight is 215 g/mol. The number of rotatable bonds is 1. The van der Waals surface area contributed by atoms with Gasteiger partial charge in [-0.25, -0.2) is 9.18 Å². The van der Waals surface area contributed by atoms with E-state index in [0.29, 0.717) is 4.47 Å². The third-order valence-electron chi connectivity index (χ3n) is 1.20. The van der Waals surface area contributed by atoms with Gasteiger partial charge in [0, 0.05) is 11.6 Å².